The fourth-order valence-electron chi connectivity index (χ4n) is 1.39. The molecule has 0 aliphatic rings. The molecule has 0 fully saturated rings. The normalized spacial score (nSPS) is 10.3. The quantitative estimate of drug-likeness (QED) is 0.591. The Bertz CT molecular complexity index is 399. The number of nitrogens with one attached hydrogen (secondary N) is 2. The molecule has 1 rings (SSSR count). The summed E-state index contributed by atoms with van der Waals surface area (Å²) in [5.74, 6) is 1.27. The Morgan fingerprint density at radius 1 is 1.47 bits per heavy atom. The number of pyridine rings is 1. The van der Waals surface area contributed by atoms with Crippen molar-refractivity contribution >= 4 is 23.1 Å². The van der Waals surface area contributed by atoms with Crippen LogP contribution in [0.15, 0.2) is 18.3 Å². The van der Waals surface area contributed by atoms with Crippen molar-refractivity contribution in [1.29, 1.82) is 0 Å². The first kappa shape index (κ1) is 15.7. The maximum atomic E-state index is 5.44. The van der Waals surface area contributed by atoms with Crippen molar-refractivity contribution in [3.8, 4) is 5.75 Å². The van der Waals surface area contributed by atoms with Gasteiger partial charge in [0.05, 0.1) is 13.2 Å². The maximum Gasteiger partial charge on any atom is 0.174 e. The minimum atomic E-state index is 0.267. The monoisotopic (exact) mass is 283 g/mol. The van der Waals surface area contributed by atoms with Gasteiger partial charge in [-0.1, -0.05) is 0 Å². The van der Waals surface area contributed by atoms with Crippen molar-refractivity contribution in [2.45, 2.75) is 26.4 Å². The third-order valence-electron chi connectivity index (χ3n) is 2.28. The van der Waals surface area contributed by atoms with Gasteiger partial charge in [0.25, 0.3) is 0 Å². The number of thiocarbonyl (C=S) groups is 1. The van der Waals surface area contributed by atoms with Crippen LogP contribution in [0.4, 0.5) is 5.82 Å². The standard InChI is InChI=1S/C13H21N3O2S/c1-10(2)18-9-5-8-15-13(19)16-12-11(17-3)6-4-7-14-12/h4,6-7,10H,5,8-9H2,1-3H3,(H2,14,15,16,19). The molecule has 0 aliphatic heterocycles. The van der Waals surface area contributed by atoms with Gasteiger partial charge in [0.1, 0.15) is 0 Å². The second-order valence-electron chi connectivity index (χ2n) is 4.21. The van der Waals surface area contributed by atoms with Crippen LogP contribution >= 0.6 is 12.2 Å². The second-order valence-corrected chi connectivity index (χ2v) is 4.62. The van der Waals surface area contributed by atoms with E-state index in [1.807, 2.05) is 26.0 Å². The third kappa shape index (κ3) is 6.35. The molecule has 0 saturated heterocycles. The first-order valence-corrected chi connectivity index (χ1v) is 6.69. The molecule has 0 unspecified atom stereocenters. The van der Waals surface area contributed by atoms with Gasteiger partial charge in [-0.25, -0.2) is 4.98 Å². The highest BCUT2D eigenvalue weighted by Gasteiger charge is 2.04. The van der Waals surface area contributed by atoms with Gasteiger partial charge in [-0.05, 0) is 44.6 Å². The Morgan fingerprint density at radius 3 is 2.95 bits per heavy atom. The highest BCUT2D eigenvalue weighted by molar-refractivity contribution is 7.80. The molecular formula is C13H21N3O2S. The van der Waals surface area contributed by atoms with Crippen molar-refractivity contribution < 1.29 is 9.47 Å². The largest absolute Gasteiger partial charge is 0.493 e. The average Bonchev–Trinajstić information content (AvgIpc) is 2.38. The summed E-state index contributed by atoms with van der Waals surface area (Å²) in [5.41, 5.74) is 0. The number of nitrogens with zero attached hydrogens (tertiary/aromatic N) is 1. The smallest absolute Gasteiger partial charge is 0.174 e. The molecule has 0 radical (unpaired) electrons. The summed E-state index contributed by atoms with van der Waals surface area (Å²) in [4.78, 5) is 4.17. The van der Waals surface area contributed by atoms with Crippen molar-refractivity contribution in [2.75, 3.05) is 25.6 Å². The van der Waals surface area contributed by atoms with Crippen molar-refractivity contribution in [3.63, 3.8) is 0 Å². The minimum absolute atomic E-state index is 0.267. The van der Waals surface area contributed by atoms with E-state index in [0.717, 1.165) is 19.6 Å². The Kier molecular flexibility index (Phi) is 7.14. The molecule has 106 valence electrons. The Morgan fingerprint density at radius 2 is 2.26 bits per heavy atom. The lowest BCUT2D eigenvalue weighted by atomic mass is 10.4. The molecule has 6 heteroatoms. The number of aromatic nitrogens is 1. The van der Waals surface area contributed by atoms with Crippen molar-refractivity contribution in [3.05, 3.63) is 18.3 Å². The Labute approximate surface area is 119 Å². The molecule has 2 N–H and O–H groups in total. The minimum Gasteiger partial charge on any atom is -0.493 e. The molecule has 0 atom stereocenters. The van der Waals surface area contributed by atoms with Crippen LogP contribution in [0.25, 0.3) is 0 Å². The van der Waals surface area contributed by atoms with Gasteiger partial charge in [0.2, 0.25) is 0 Å². The van der Waals surface area contributed by atoms with Gasteiger partial charge < -0.3 is 20.1 Å². The number of ether oxygens (including phenoxy) is 2. The van der Waals surface area contributed by atoms with Gasteiger partial charge in [0.15, 0.2) is 16.7 Å². The number of methoxy groups -OCH3 is 1. The fourth-order valence-corrected chi connectivity index (χ4v) is 1.59. The summed E-state index contributed by atoms with van der Waals surface area (Å²) >= 11 is 5.19. The highest BCUT2D eigenvalue weighted by Crippen LogP contribution is 2.19. The van der Waals surface area contributed by atoms with E-state index in [9.17, 15) is 0 Å². The van der Waals surface area contributed by atoms with Crippen molar-refractivity contribution in [2.24, 2.45) is 0 Å². The number of hydrogen-bond acceptors (Lipinski definition) is 4. The van der Waals surface area contributed by atoms with E-state index in [-0.39, 0.29) is 6.10 Å². The topological polar surface area (TPSA) is 55.4 Å². The predicted molar refractivity (Wildman–Crippen MR) is 80.7 cm³/mol. The molecule has 0 spiro atoms. The number of anilines is 1. The Hall–Kier alpha value is -1.40. The lowest BCUT2D eigenvalue weighted by Gasteiger charge is -2.12. The molecule has 19 heavy (non-hydrogen) atoms. The van der Waals surface area contributed by atoms with Crippen LogP contribution in [0.1, 0.15) is 20.3 Å². The van der Waals surface area contributed by atoms with E-state index >= 15 is 0 Å². The molecule has 0 bridgehead atoms. The maximum absolute atomic E-state index is 5.44. The molecule has 5 nitrogen and oxygen atoms in total. The first-order valence-electron chi connectivity index (χ1n) is 6.29. The van der Waals surface area contributed by atoms with E-state index in [0.29, 0.717) is 16.7 Å². The predicted octanol–water partition coefficient (Wildman–Crippen LogP) is 2.19. The summed E-state index contributed by atoms with van der Waals surface area (Å²) in [7, 11) is 1.60. The van der Waals surface area contributed by atoms with Gasteiger partial charge in [-0.15, -0.1) is 0 Å². The highest BCUT2D eigenvalue weighted by atomic mass is 32.1. The van der Waals surface area contributed by atoms with Gasteiger partial charge in [0, 0.05) is 19.3 Å². The molecular weight excluding hydrogens is 262 g/mol. The summed E-state index contributed by atoms with van der Waals surface area (Å²) in [6.45, 7) is 5.52. The number of rotatable bonds is 7. The van der Waals surface area contributed by atoms with E-state index in [1.165, 1.54) is 0 Å². The van der Waals surface area contributed by atoms with Crippen LogP contribution in [0.5, 0.6) is 5.75 Å². The van der Waals surface area contributed by atoms with E-state index < -0.39 is 0 Å². The summed E-state index contributed by atoms with van der Waals surface area (Å²) in [5, 5.41) is 6.63. The molecule has 1 aromatic heterocycles. The van der Waals surface area contributed by atoms with E-state index in [2.05, 4.69) is 15.6 Å². The van der Waals surface area contributed by atoms with E-state index in [1.54, 1.807) is 13.3 Å². The van der Waals surface area contributed by atoms with Crippen molar-refractivity contribution in [1.82, 2.24) is 10.3 Å². The molecule has 0 saturated carbocycles. The summed E-state index contributed by atoms with van der Waals surface area (Å²) < 4.78 is 10.6. The molecule has 1 aromatic rings. The fraction of sp³-hybridized carbons (Fsp3) is 0.538. The molecule has 0 amide bonds. The zero-order valence-corrected chi connectivity index (χ0v) is 12.4. The number of hydrogen-bond donors (Lipinski definition) is 2. The van der Waals surface area contributed by atoms with Gasteiger partial charge in [-0.2, -0.15) is 0 Å². The summed E-state index contributed by atoms with van der Waals surface area (Å²) in [6, 6.07) is 3.64. The van der Waals surface area contributed by atoms with Crippen LogP contribution in [0.2, 0.25) is 0 Å². The Balaban J connectivity index is 2.27. The van der Waals surface area contributed by atoms with Crippen LogP contribution < -0.4 is 15.4 Å². The second kappa shape index (κ2) is 8.66. The van der Waals surface area contributed by atoms with Crippen LogP contribution in [0.3, 0.4) is 0 Å². The van der Waals surface area contributed by atoms with Crippen LogP contribution in [-0.4, -0.2) is 36.5 Å². The molecule has 0 aliphatic carbocycles. The molecule has 1 heterocycles. The zero-order valence-electron chi connectivity index (χ0n) is 11.6. The molecule has 0 aromatic carbocycles. The first-order chi connectivity index (χ1) is 9.13. The zero-order chi connectivity index (χ0) is 14.1. The SMILES string of the molecule is COc1cccnc1NC(=S)NCCCOC(C)C. The summed E-state index contributed by atoms with van der Waals surface area (Å²) in [6.07, 6.45) is 2.85. The van der Waals surface area contributed by atoms with Crippen LogP contribution in [0, 0.1) is 0 Å². The van der Waals surface area contributed by atoms with E-state index in [4.69, 9.17) is 21.7 Å². The van der Waals surface area contributed by atoms with Gasteiger partial charge >= 0.3 is 0 Å². The lowest BCUT2D eigenvalue weighted by molar-refractivity contribution is 0.0777. The lowest BCUT2D eigenvalue weighted by Crippen LogP contribution is -2.30. The third-order valence-corrected chi connectivity index (χ3v) is 2.53. The average molecular weight is 283 g/mol. The van der Waals surface area contributed by atoms with Crippen LogP contribution in [-0.2, 0) is 4.74 Å². The van der Waals surface area contributed by atoms with Gasteiger partial charge in [-0.3, -0.25) is 0 Å².